The van der Waals surface area contributed by atoms with Crippen molar-refractivity contribution in [2.45, 2.75) is 37.1 Å². The lowest BCUT2D eigenvalue weighted by molar-refractivity contribution is -0.120. The van der Waals surface area contributed by atoms with Crippen LogP contribution in [-0.2, 0) is 14.8 Å². The zero-order chi connectivity index (χ0) is 14.2. The highest BCUT2D eigenvalue weighted by atomic mass is 32.2. The summed E-state index contributed by atoms with van der Waals surface area (Å²) in [5, 5.41) is -0.221. The summed E-state index contributed by atoms with van der Waals surface area (Å²) in [6.07, 6.45) is 8.80. The van der Waals surface area contributed by atoms with Crippen molar-refractivity contribution in [2.75, 3.05) is 0 Å². The van der Waals surface area contributed by atoms with Gasteiger partial charge in [-0.2, -0.15) is 8.42 Å². The molecule has 6 nitrogen and oxygen atoms in total. The van der Waals surface area contributed by atoms with Crippen molar-refractivity contribution in [3.63, 3.8) is 0 Å². The van der Waals surface area contributed by atoms with E-state index in [9.17, 15) is 13.2 Å². The van der Waals surface area contributed by atoms with Crippen LogP contribution in [0.3, 0.4) is 0 Å². The number of hydrogen-bond donors (Lipinski definition) is 1. The van der Waals surface area contributed by atoms with Gasteiger partial charge in [0.2, 0.25) is 5.91 Å². The summed E-state index contributed by atoms with van der Waals surface area (Å²) >= 11 is 0. The van der Waals surface area contributed by atoms with Crippen LogP contribution in [0.5, 0.6) is 0 Å². The molecule has 1 N–H and O–H groups in total. The van der Waals surface area contributed by atoms with Gasteiger partial charge >= 0.3 is 0 Å². The molecule has 0 spiro atoms. The van der Waals surface area contributed by atoms with Gasteiger partial charge in [-0.05, 0) is 37.0 Å². The van der Waals surface area contributed by atoms with Crippen LogP contribution in [0.15, 0.2) is 23.6 Å². The Bertz CT molecular complexity index is 603. The van der Waals surface area contributed by atoms with E-state index in [1.807, 2.05) is 0 Å². The van der Waals surface area contributed by atoms with Crippen molar-refractivity contribution in [2.24, 2.45) is 17.8 Å². The maximum absolute atomic E-state index is 11.9. The lowest BCUT2D eigenvalue weighted by Gasteiger charge is -2.20. The highest BCUT2D eigenvalue weighted by Crippen LogP contribution is 2.49. The zero-order valence-corrected chi connectivity index (χ0v) is 11.8. The summed E-state index contributed by atoms with van der Waals surface area (Å²) in [5.74, 6) is 1.25. The number of hydrogen-bond acceptors (Lipinski definition) is 5. The van der Waals surface area contributed by atoms with E-state index in [1.165, 1.54) is 31.7 Å². The third kappa shape index (κ3) is 2.67. The highest BCUT2D eigenvalue weighted by molar-refractivity contribution is 7.90. The number of sulfonamides is 1. The highest BCUT2D eigenvalue weighted by Gasteiger charge is 2.40. The SMILES string of the molecule is O=C(CC1CC2CCC1C2)NS(=O)(=O)c1cnccn1. The Morgan fingerprint density at radius 1 is 1.30 bits per heavy atom. The molecule has 0 saturated heterocycles. The topological polar surface area (TPSA) is 89.0 Å². The first-order chi connectivity index (χ1) is 9.54. The van der Waals surface area contributed by atoms with Crippen LogP contribution in [0.2, 0.25) is 0 Å². The van der Waals surface area contributed by atoms with Gasteiger partial charge in [-0.3, -0.25) is 9.78 Å². The van der Waals surface area contributed by atoms with Gasteiger partial charge in [0.15, 0.2) is 5.03 Å². The maximum atomic E-state index is 11.9. The Kier molecular flexibility index (Phi) is 3.45. The van der Waals surface area contributed by atoms with Gasteiger partial charge in [0.25, 0.3) is 10.0 Å². The standard InChI is InChI=1S/C13H17N3O3S/c17-12(7-11-6-9-1-2-10(11)5-9)16-20(18,19)13-8-14-3-4-15-13/h3-4,8-11H,1-2,5-7H2,(H,16,17). The van der Waals surface area contributed by atoms with Gasteiger partial charge in [0.1, 0.15) is 0 Å². The lowest BCUT2D eigenvalue weighted by atomic mass is 9.86. The van der Waals surface area contributed by atoms with E-state index in [1.54, 1.807) is 0 Å². The van der Waals surface area contributed by atoms with Gasteiger partial charge in [0, 0.05) is 18.8 Å². The molecule has 0 aromatic carbocycles. The van der Waals surface area contributed by atoms with Crippen LogP contribution in [0.25, 0.3) is 0 Å². The molecule has 0 aliphatic heterocycles. The van der Waals surface area contributed by atoms with Gasteiger partial charge in [-0.25, -0.2) is 9.71 Å². The quantitative estimate of drug-likeness (QED) is 0.898. The lowest BCUT2D eigenvalue weighted by Crippen LogP contribution is -2.33. The molecular weight excluding hydrogens is 278 g/mol. The molecule has 3 atom stereocenters. The average molecular weight is 295 g/mol. The first-order valence-corrected chi connectivity index (χ1v) is 8.34. The summed E-state index contributed by atoms with van der Waals surface area (Å²) in [7, 11) is -3.89. The minimum Gasteiger partial charge on any atom is -0.274 e. The Labute approximate surface area is 118 Å². The number of amides is 1. The second-order valence-electron chi connectivity index (χ2n) is 5.71. The van der Waals surface area contributed by atoms with Crippen molar-refractivity contribution in [1.82, 2.24) is 14.7 Å². The molecule has 2 saturated carbocycles. The van der Waals surface area contributed by atoms with Crippen molar-refractivity contribution < 1.29 is 13.2 Å². The molecule has 1 aromatic heterocycles. The predicted molar refractivity (Wildman–Crippen MR) is 70.9 cm³/mol. The van der Waals surface area contributed by atoms with E-state index in [2.05, 4.69) is 14.7 Å². The predicted octanol–water partition coefficient (Wildman–Crippen LogP) is 1.11. The van der Waals surface area contributed by atoms with Crippen molar-refractivity contribution in [3.05, 3.63) is 18.6 Å². The van der Waals surface area contributed by atoms with Gasteiger partial charge in [-0.1, -0.05) is 6.42 Å². The van der Waals surface area contributed by atoms with Crippen molar-refractivity contribution in [3.8, 4) is 0 Å². The molecule has 3 rings (SSSR count). The Morgan fingerprint density at radius 3 is 2.75 bits per heavy atom. The molecule has 1 heterocycles. The normalized spacial score (nSPS) is 28.5. The minimum atomic E-state index is -3.89. The Hall–Kier alpha value is -1.50. The zero-order valence-electron chi connectivity index (χ0n) is 11.0. The van der Waals surface area contributed by atoms with Crippen LogP contribution in [0, 0.1) is 17.8 Å². The molecule has 0 radical (unpaired) electrons. The molecule has 2 fully saturated rings. The van der Waals surface area contributed by atoms with Crippen molar-refractivity contribution >= 4 is 15.9 Å². The molecule has 2 aliphatic carbocycles. The summed E-state index contributed by atoms with van der Waals surface area (Å²) in [6.45, 7) is 0. The van der Waals surface area contributed by atoms with E-state index in [4.69, 9.17) is 0 Å². The summed E-state index contributed by atoms with van der Waals surface area (Å²) in [5.41, 5.74) is 0. The number of fused-ring (bicyclic) bond motifs is 2. The van der Waals surface area contributed by atoms with Crippen LogP contribution >= 0.6 is 0 Å². The minimum absolute atomic E-state index is 0.221. The number of carbonyl (C=O) groups excluding carboxylic acids is 1. The monoisotopic (exact) mass is 295 g/mol. The van der Waals surface area contributed by atoms with Gasteiger partial charge in [0.05, 0.1) is 6.20 Å². The largest absolute Gasteiger partial charge is 0.283 e. The van der Waals surface area contributed by atoms with E-state index >= 15 is 0 Å². The van der Waals surface area contributed by atoms with Gasteiger partial charge in [-0.15, -0.1) is 0 Å². The van der Waals surface area contributed by atoms with Gasteiger partial charge < -0.3 is 0 Å². The smallest absolute Gasteiger partial charge is 0.274 e. The number of rotatable bonds is 4. The molecule has 20 heavy (non-hydrogen) atoms. The first-order valence-electron chi connectivity index (χ1n) is 6.86. The fourth-order valence-electron chi connectivity index (χ4n) is 3.53. The van der Waals surface area contributed by atoms with E-state index in [0.717, 1.165) is 18.5 Å². The third-order valence-corrected chi connectivity index (χ3v) is 5.65. The Balaban J connectivity index is 1.62. The Morgan fingerprint density at radius 2 is 2.15 bits per heavy atom. The summed E-state index contributed by atoms with van der Waals surface area (Å²) in [4.78, 5) is 19.3. The number of nitrogens with zero attached hydrogens (tertiary/aromatic N) is 2. The van der Waals surface area contributed by atoms with Crippen molar-refractivity contribution in [1.29, 1.82) is 0 Å². The summed E-state index contributed by atoms with van der Waals surface area (Å²) < 4.78 is 26.0. The second-order valence-corrected chi connectivity index (χ2v) is 7.34. The molecule has 1 amide bonds. The molecule has 2 bridgehead atoms. The molecule has 108 valence electrons. The molecular formula is C13H17N3O3S. The van der Waals surface area contributed by atoms with E-state index in [-0.39, 0.29) is 5.03 Å². The molecule has 7 heteroatoms. The third-order valence-electron chi connectivity index (χ3n) is 4.40. The second kappa shape index (κ2) is 5.12. The number of aromatic nitrogens is 2. The van der Waals surface area contributed by atoms with Crippen LogP contribution < -0.4 is 4.72 Å². The molecule has 3 unspecified atom stereocenters. The fourth-order valence-corrected chi connectivity index (χ4v) is 4.42. The number of nitrogens with one attached hydrogen (secondary N) is 1. The van der Waals surface area contributed by atoms with Crippen LogP contribution in [0.1, 0.15) is 32.1 Å². The van der Waals surface area contributed by atoms with E-state index in [0.29, 0.717) is 18.3 Å². The fraction of sp³-hybridized carbons (Fsp3) is 0.615. The van der Waals surface area contributed by atoms with Crippen LogP contribution in [0.4, 0.5) is 0 Å². The maximum Gasteiger partial charge on any atom is 0.283 e. The number of carbonyl (C=O) groups is 1. The summed E-state index contributed by atoms with van der Waals surface area (Å²) in [6, 6.07) is 0. The molecule has 2 aliphatic rings. The van der Waals surface area contributed by atoms with E-state index < -0.39 is 15.9 Å². The first kappa shape index (κ1) is 13.5. The average Bonchev–Trinajstić information content (AvgIpc) is 3.01. The molecule has 1 aromatic rings. The van der Waals surface area contributed by atoms with Crippen LogP contribution in [-0.4, -0.2) is 24.3 Å².